The van der Waals surface area contributed by atoms with Crippen molar-refractivity contribution in [1.82, 2.24) is 5.32 Å². The molecule has 5 heteroatoms. The van der Waals surface area contributed by atoms with Gasteiger partial charge in [-0.3, -0.25) is 4.79 Å². The molecule has 2 heterocycles. The lowest BCUT2D eigenvalue weighted by Crippen LogP contribution is -2.61. The van der Waals surface area contributed by atoms with Gasteiger partial charge < -0.3 is 15.1 Å². The minimum absolute atomic E-state index is 0.0698. The normalized spacial score (nSPS) is 21.2. The van der Waals surface area contributed by atoms with Crippen molar-refractivity contribution in [1.29, 1.82) is 0 Å². The number of amides is 1. The van der Waals surface area contributed by atoms with Crippen molar-refractivity contribution in [3.05, 3.63) is 72.6 Å². The Morgan fingerprint density at radius 2 is 1.96 bits per heavy atom. The molecule has 1 fully saturated rings. The van der Waals surface area contributed by atoms with Crippen LogP contribution < -0.4 is 15.1 Å². The van der Waals surface area contributed by atoms with Gasteiger partial charge in [-0.25, -0.2) is 4.39 Å². The van der Waals surface area contributed by atoms with E-state index in [2.05, 4.69) is 39.9 Å². The van der Waals surface area contributed by atoms with Crippen molar-refractivity contribution in [3.8, 4) is 0 Å². The van der Waals surface area contributed by atoms with Gasteiger partial charge in [-0.15, -0.1) is 6.58 Å². The Kier molecular flexibility index (Phi) is 4.84. The Bertz CT molecular complexity index is 836. The Hall–Kier alpha value is -2.82. The maximum absolute atomic E-state index is 13.3. The molecule has 2 aliphatic rings. The lowest BCUT2D eigenvalue weighted by molar-refractivity contribution is -0.125. The van der Waals surface area contributed by atoms with Crippen molar-refractivity contribution < 1.29 is 9.18 Å². The van der Waals surface area contributed by atoms with Gasteiger partial charge in [-0.1, -0.05) is 24.3 Å². The average Bonchev–Trinajstić information content (AvgIpc) is 2.71. The minimum atomic E-state index is -0.231. The molecule has 2 aromatic carbocycles. The van der Waals surface area contributed by atoms with Crippen molar-refractivity contribution in [2.24, 2.45) is 5.92 Å². The molecule has 0 aliphatic carbocycles. The maximum atomic E-state index is 13.3. The second-order valence-electron chi connectivity index (χ2n) is 7.16. The number of rotatable bonds is 4. The van der Waals surface area contributed by atoms with Gasteiger partial charge in [0.05, 0.1) is 12.0 Å². The van der Waals surface area contributed by atoms with Crippen LogP contribution in [0.15, 0.2) is 61.2 Å². The van der Waals surface area contributed by atoms with Gasteiger partial charge in [0.25, 0.3) is 0 Å². The van der Waals surface area contributed by atoms with Gasteiger partial charge >= 0.3 is 0 Å². The first kappa shape index (κ1) is 17.6. The highest BCUT2D eigenvalue weighted by molar-refractivity contribution is 5.82. The van der Waals surface area contributed by atoms with Crippen molar-refractivity contribution in [3.63, 3.8) is 0 Å². The molecular weight excluding hydrogens is 341 g/mol. The van der Waals surface area contributed by atoms with E-state index in [9.17, 15) is 9.18 Å². The van der Waals surface area contributed by atoms with E-state index >= 15 is 0 Å². The Morgan fingerprint density at radius 1 is 1.19 bits per heavy atom. The molecule has 140 valence electrons. The molecule has 2 aliphatic heterocycles. The molecule has 0 bridgehead atoms. The van der Waals surface area contributed by atoms with Crippen LogP contribution in [0, 0.1) is 11.7 Å². The Labute approximate surface area is 159 Å². The summed E-state index contributed by atoms with van der Waals surface area (Å²) >= 11 is 0. The van der Waals surface area contributed by atoms with Gasteiger partial charge in [0.2, 0.25) is 5.91 Å². The maximum Gasteiger partial charge on any atom is 0.225 e. The number of nitrogens with zero attached hydrogens (tertiary/aromatic N) is 2. The fourth-order valence-electron chi connectivity index (χ4n) is 4.25. The average molecular weight is 365 g/mol. The lowest BCUT2D eigenvalue weighted by atomic mass is 9.83. The van der Waals surface area contributed by atoms with Crippen LogP contribution in [-0.2, 0) is 11.2 Å². The van der Waals surface area contributed by atoms with Crippen molar-refractivity contribution in [2.45, 2.75) is 12.5 Å². The predicted octanol–water partition coefficient (Wildman–Crippen LogP) is 3.00. The lowest BCUT2D eigenvalue weighted by Gasteiger charge is -2.49. The molecule has 27 heavy (non-hydrogen) atoms. The van der Waals surface area contributed by atoms with E-state index in [0.717, 1.165) is 31.7 Å². The highest BCUT2D eigenvalue weighted by Gasteiger charge is 2.41. The van der Waals surface area contributed by atoms with Crippen LogP contribution in [0.4, 0.5) is 15.8 Å². The molecule has 0 spiro atoms. The first-order valence-corrected chi connectivity index (χ1v) is 9.41. The van der Waals surface area contributed by atoms with Crippen LogP contribution >= 0.6 is 0 Å². The third-order valence-electron chi connectivity index (χ3n) is 5.57. The number of hydrogen-bond donors (Lipinski definition) is 1. The first-order chi connectivity index (χ1) is 13.2. The summed E-state index contributed by atoms with van der Waals surface area (Å²) in [5.41, 5.74) is 3.46. The molecule has 2 atom stereocenters. The third kappa shape index (κ3) is 3.42. The van der Waals surface area contributed by atoms with E-state index < -0.39 is 0 Å². The van der Waals surface area contributed by atoms with Crippen molar-refractivity contribution in [2.75, 3.05) is 36.0 Å². The number of benzene rings is 2. The van der Waals surface area contributed by atoms with E-state index in [4.69, 9.17) is 0 Å². The summed E-state index contributed by atoms with van der Waals surface area (Å²) in [6.45, 7) is 6.59. The molecule has 1 amide bonds. The number of piperazine rings is 1. The van der Waals surface area contributed by atoms with Crippen molar-refractivity contribution >= 4 is 17.3 Å². The van der Waals surface area contributed by atoms with Gasteiger partial charge in [0.1, 0.15) is 5.82 Å². The number of carbonyl (C=O) groups is 1. The molecule has 0 saturated carbocycles. The first-order valence-electron chi connectivity index (χ1n) is 9.41. The topological polar surface area (TPSA) is 35.6 Å². The zero-order valence-electron chi connectivity index (χ0n) is 15.3. The quantitative estimate of drug-likeness (QED) is 0.846. The Morgan fingerprint density at radius 3 is 2.74 bits per heavy atom. The molecule has 0 radical (unpaired) electrons. The predicted molar refractivity (Wildman–Crippen MR) is 107 cm³/mol. The zero-order valence-corrected chi connectivity index (χ0v) is 15.3. The summed E-state index contributed by atoms with van der Waals surface area (Å²) in [5.74, 6) is -0.283. The largest absolute Gasteiger partial charge is 0.368 e. The van der Waals surface area contributed by atoms with E-state index in [1.807, 2.05) is 18.2 Å². The summed E-state index contributed by atoms with van der Waals surface area (Å²) in [4.78, 5) is 17.5. The highest BCUT2D eigenvalue weighted by atomic mass is 19.1. The molecule has 1 saturated heterocycles. The molecule has 4 nitrogen and oxygen atoms in total. The van der Waals surface area contributed by atoms with Gasteiger partial charge in [0, 0.05) is 37.6 Å². The second kappa shape index (κ2) is 7.43. The summed E-state index contributed by atoms with van der Waals surface area (Å²) in [6, 6.07) is 15.1. The monoisotopic (exact) mass is 365 g/mol. The third-order valence-corrected chi connectivity index (χ3v) is 5.57. The Balaban J connectivity index is 1.63. The molecule has 1 N–H and O–H groups in total. The fraction of sp³-hybridized carbons (Fsp3) is 0.318. The van der Waals surface area contributed by atoms with Gasteiger partial charge in [-0.2, -0.15) is 0 Å². The van der Waals surface area contributed by atoms with Gasteiger partial charge in [-0.05, 0) is 42.3 Å². The number of carbonyl (C=O) groups excluding carboxylic acids is 1. The smallest absolute Gasteiger partial charge is 0.225 e. The SMILES string of the molecule is C=CCNC(=O)[C@H]1Cc2ccccc2N2CCN(c3ccc(F)cc3)C[C@H]12. The molecular formula is C22H24FN3O. The molecule has 4 rings (SSSR count). The van der Waals surface area contributed by atoms with E-state index in [0.29, 0.717) is 6.54 Å². The summed E-state index contributed by atoms with van der Waals surface area (Å²) < 4.78 is 13.3. The molecule has 0 unspecified atom stereocenters. The van der Waals surface area contributed by atoms with Crippen LogP contribution in [0.3, 0.4) is 0 Å². The number of halogens is 1. The van der Waals surface area contributed by atoms with Crippen LogP contribution in [0.2, 0.25) is 0 Å². The van der Waals surface area contributed by atoms with Gasteiger partial charge in [0.15, 0.2) is 0 Å². The van der Waals surface area contributed by atoms with E-state index in [-0.39, 0.29) is 23.7 Å². The molecule has 2 aromatic rings. The van der Waals surface area contributed by atoms with E-state index in [1.54, 1.807) is 6.08 Å². The van der Waals surface area contributed by atoms with Crippen LogP contribution in [-0.4, -0.2) is 38.1 Å². The van der Waals surface area contributed by atoms with Crippen LogP contribution in [0.25, 0.3) is 0 Å². The van der Waals surface area contributed by atoms with Crippen LogP contribution in [0.1, 0.15) is 5.56 Å². The molecule has 0 aromatic heterocycles. The number of para-hydroxylation sites is 1. The number of hydrogen-bond acceptors (Lipinski definition) is 3. The summed E-state index contributed by atoms with van der Waals surface area (Å²) in [6.07, 6.45) is 2.44. The highest BCUT2D eigenvalue weighted by Crippen LogP contribution is 2.36. The number of nitrogens with one attached hydrogen (secondary N) is 1. The van der Waals surface area contributed by atoms with E-state index in [1.165, 1.54) is 23.4 Å². The van der Waals surface area contributed by atoms with Crippen LogP contribution in [0.5, 0.6) is 0 Å². The number of fused-ring (bicyclic) bond motifs is 3. The fourth-order valence-corrected chi connectivity index (χ4v) is 4.25. The summed E-state index contributed by atoms with van der Waals surface area (Å²) in [5, 5.41) is 2.98. The summed E-state index contributed by atoms with van der Waals surface area (Å²) in [7, 11) is 0. The standard InChI is InChI=1S/C22H24FN3O/c1-2-11-24-22(27)19-14-16-5-3-4-6-20(16)26-13-12-25(15-21(19)26)18-9-7-17(23)8-10-18/h2-10,19,21H,1,11-15H2,(H,24,27)/t19-,21+/m0/s1. The zero-order chi connectivity index (χ0) is 18.8. The number of anilines is 2. The minimum Gasteiger partial charge on any atom is -0.368 e. The second-order valence-corrected chi connectivity index (χ2v) is 7.16.